The number of aromatic nitrogens is 3. The van der Waals surface area contributed by atoms with E-state index in [2.05, 4.69) is 10.1 Å². The first-order valence-corrected chi connectivity index (χ1v) is 8.75. The monoisotopic (exact) mass is 370 g/mol. The van der Waals surface area contributed by atoms with E-state index in [0.717, 1.165) is 17.0 Å². The Kier molecular flexibility index (Phi) is 5.51. The van der Waals surface area contributed by atoms with E-state index in [-0.39, 0.29) is 17.1 Å². The predicted octanol–water partition coefficient (Wildman–Crippen LogP) is 3.01. The van der Waals surface area contributed by atoms with Crippen LogP contribution in [0, 0.1) is 19.7 Å². The van der Waals surface area contributed by atoms with Crippen LogP contribution in [0.3, 0.4) is 0 Å². The number of benzene rings is 1. The van der Waals surface area contributed by atoms with Crippen molar-refractivity contribution in [2.75, 3.05) is 20.3 Å². The Labute approximate surface area is 157 Å². The number of hydrogen-bond donors (Lipinski definition) is 0. The quantitative estimate of drug-likeness (QED) is 0.669. The molecular weight excluding hydrogens is 347 g/mol. The molecule has 3 rings (SSSR count). The van der Waals surface area contributed by atoms with E-state index in [1.807, 2.05) is 20.9 Å². The fourth-order valence-electron chi connectivity index (χ4n) is 3.08. The van der Waals surface area contributed by atoms with Gasteiger partial charge in [-0.3, -0.25) is 9.48 Å². The molecule has 0 bridgehead atoms. The van der Waals surface area contributed by atoms with E-state index >= 15 is 0 Å². The number of pyridine rings is 1. The number of halogens is 1. The van der Waals surface area contributed by atoms with Crippen LogP contribution in [0.25, 0.3) is 10.9 Å². The minimum atomic E-state index is -0.440. The van der Waals surface area contributed by atoms with Gasteiger partial charge in [-0.05, 0) is 26.0 Å². The number of carbonyl (C=O) groups excluding carboxylic acids is 1. The van der Waals surface area contributed by atoms with Crippen LogP contribution in [0.4, 0.5) is 4.39 Å². The molecule has 2 aromatic heterocycles. The zero-order valence-corrected chi connectivity index (χ0v) is 16.0. The Morgan fingerprint density at radius 1 is 1.26 bits per heavy atom. The van der Waals surface area contributed by atoms with Gasteiger partial charge in [0.05, 0.1) is 12.3 Å². The molecule has 142 valence electrons. The number of aryl methyl sites for hydroxylation is 2. The molecule has 27 heavy (non-hydrogen) atoms. The van der Waals surface area contributed by atoms with Gasteiger partial charge in [0.25, 0.3) is 5.91 Å². The molecule has 0 aliphatic carbocycles. The Bertz CT molecular complexity index is 984. The number of ether oxygens (including phenoxy) is 1. The smallest absolute Gasteiger partial charge is 0.272 e. The summed E-state index contributed by atoms with van der Waals surface area (Å²) in [7, 11) is 3.47. The third-order valence-electron chi connectivity index (χ3n) is 4.75. The lowest BCUT2D eigenvalue weighted by Crippen LogP contribution is -2.34. The molecule has 0 aliphatic rings. The van der Waals surface area contributed by atoms with Crippen molar-refractivity contribution in [3.63, 3.8) is 0 Å². The fraction of sp³-hybridized carbons (Fsp3) is 0.350. The van der Waals surface area contributed by atoms with E-state index in [1.54, 1.807) is 41.0 Å². The zero-order valence-electron chi connectivity index (χ0n) is 16.0. The minimum Gasteiger partial charge on any atom is -0.383 e. The van der Waals surface area contributed by atoms with Crippen molar-refractivity contribution in [3.05, 3.63) is 58.8 Å². The van der Waals surface area contributed by atoms with E-state index in [9.17, 15) is 9.18 Å². The second-order valence-electron chi connectivity index (χ2n) is 6.50. The summed E-state index contributed by atoms with van der Waals surface area (Å²) in [4.78, 5) is 19.0. The van der Waals surface area contributed by atoms with Crippen LogP contribution < -0.4 is 0 Å². The third-order valence-corrected chi connectivity index (χ3v) is 4.75. The summed E-state index contributed by atoms with van der Waals surface area (Å²) in [5.41, 5.74) is 3.28. The van der Waals surface area contributed by atoms with Crippen LogP contribution in [-0.4, -0.2) is 45.8 Å². The lowest BCUT2D eigenvalue weighted by molar-refractivity contribution is 0.0674. The number of rotatable bonds is 6. The average Bonchev–Trinajstić information content (AvgIpc) is 2.90. The first-order valence-electron chi connectivity index (χ1n) is 8.75. The van der Waals surface area contributed by atoms with Crippen LogP contribution >= 0.6 is 0 Å². The Morgan fingerprint density at radius 2 is 2.04 bits per heavy atom. The van der Waals surface area contributed by atoms with Gasteiger partial charge in [-0.2, -0.15) is 5.10 Å². The molecule has 1 aromatic carbocycles. The van der Waals surface area contributed by atoms with Crippen molar-refractivity contribution in [2.24, 2.45) is 7.05 Å². The van der Waals surface area contributed by atoms with Crippen molar-refractivity contribution in [1.82, 2.24) is 19.7 Å². The summed E-state index contributed by atoms with van der Waals surface area (Å²) in [5, 5.41) is 5.07. The molecule has 2 heterocycles. The maximum absolute atomic E-state index is 14.1. The topological polar surface area (TPSA) is 60.2 Å². The molecular formula is C20H23FN4O2. The molecule has 0 saturated heterocycles. The van der Waals surface area contributed by atoms with Gasteiger partial charge in [0.1, 0.15) is 17.0 Å². The third kappa shape index (κ3) is 3.83. The second kappa shape index (κ2) is 7.84. The maximum atomic E-state index is 14.1. The molecule has 7 heteroatoms. The molecule has 0 spiro atoms. The molecule has 0 aliphatic heterocycles. The largest absolute Gasteiger partial charge is 0.383 e. The minimum absolute atomic E-state index is 0.198. The molecule has 0 saturated carbocycles. The highest BCUT2D eigenvalue weighted by Crippen LogP contribution is 2.19. The number of para-hydroxylation sites is 1. The molecule has 0 atom stereocenters. The first-order chi connectivity index (χ1) is 12.9. The zero-order chi connectivity index (χ0) is 19.6. The fourth-order valence-corrected chi connectivity index (χ4v) is 3.08. The summed E-state index contributed by atoms with van der Waals surface area (Å²) in [6.07, 6.45) is 0. The van der Waals surface area contributed by atoms with Crippen molar-refractivity contribution >= 4 is 16.8 Å². The van der Waals surface area contributed by atoms with Crippen LogP contribution in [0.15, 0.2) is 30.3 Å². The normalized spacial score (nSPS) is 11.1. The molecule has 0 unspecified atom stereocenters. The van der Waals surface area contributed by atoms with Crippen molar-refractivity contribution < 1.29 is 13.9 Å². The second-order valence-corrected chi connectivity index (χ2v) is 6.50. The van der Waals surface area contributed by atoms with Gasteiger partial charge in [0, 0.05) is 43.9 Å². The van der Waals surface area contributed by atoms with Gasteiger partial charge in [0.2, 0.25) is 0 Å². The molecule has 0 radical (unpaired) electrons. The lowest BCUT2D eigenvalue weighted by atomic mass is 10.1. The van der Waals surface area contributed by atoms with Gasteiger partial charge >= 0.3 is 0 Å². The molecule has 3 aromatic rings. The van der Waals surface area contributed by atoms with Crippen molar-refractivity contribution in [1.29, 1.82) is 0 Å². The summed E-state index contributed by atoms with van der Waals surface area (Å²) in [6.45, 7) is 5.08. The standard InChI is InChI=1S/C20H23FN4O2/c1-13-16(14(2)24(3)23-13)12-25(10-11-27-4)20(26)18-9-8-15-6-5-7-17(21)19(15)22-18/h5-9H,10-12H2,1-4H3. The van der Waals surface area contributed by atoms with Crippen molar-refractivity contribution in [3.8, 4) is 0 Å². The maximum Gasteiger partial charge on any atom is 0.272 e. The van der Waals surface area contributed by atoms with E-state index < -0.39 is 5.82 Å². The number of methoxy groups -OCH3 is 1. The molecule has 1 amide bonds. The first kappa shape index (κ1) is 19.0. The van der Waals surface area contributed by atoms with Gasteiger partial charge in [-0.1, -0.05) is 18.2 Å². The summed E-state index contributed by atoms with van der Waals surface area (Å²) >= 11 is 0. The average molecular weight is 370 g/mol. The van der Waals surface area contributed by atoms with Crippen LogP contribution in [0.5, 0.6) is 0 Å². The number of fused-ring (bicyclic) bond motifs is 1. The highest BCUT2D eigenvalue weighted by Gasteiger charge is 2.21. The Hall–Kier alpha value is -2.80. The van der Waals surface area contributed by atoms with Gasteiger partial charge in [-0.25, -0.2) is 9.37 Å². The summed E-state index contributed by atoms with van der Waals surface area (Å²) in [5.74, 6) is -0.704. The highest BCUT2D eigenvalue weighted by molar-refractivity contribution is 5.95. The number of hydrogen-bond acceptors (Lipinski definition) is 4. The van der Waals surface area contributed by atoms with E-state index in [4.69, 9.17) is 4.74 Å². The highest BCUT2D eigenvalue weighted by atomic mass is 19.1. The number of carbonyl (C=O) groups is 1. The van der Waals surface area contributed by atoms with Crippen LogP contribution in [0.1, 0.15) is 27.4 Å². The summed E-state index contributed by atoms with van der Waals surface area (Å²) < 4.78 is 21.0. The van der Waals surface area contributed by atoms with Gasteiger partial charge in [-0.15, -0.1) is 0 Å². The summed E-state index contributed by atoms with van der Waals surface area (Å²) in [6, 6.07) is 8.08. The SMILES string of the molecule is COCCN(Cc1c(C)nn(C)c1C)C(=O)c1ccc2cccc(F)c2n1. The molecule has 0 N–H and O–H groups in total. The number of amides is 1. The van der Waals surface area contributed by atoms with Crippen LogP contribution in [-0.2, 0) is 18.3 Å². The Balaban J connectivity index is 1.94. The predicted molar refractivity (Wildman–Crippen MR) is 101 cm³/mol. The molecule has 0 fully saturated rings. The Morgan fingerprint density at radius 3 is 2.70 bits per heavy atom. The van der Waals surface area contributed by atoms with Gasteiger partial charge in [0.15, 0.2) is 0 Å². The van der Waals surface area contributed by atoms with Crippen LogP contribution in [0.2, 0.25) is 0 Å². The molecule has 6 nitrogen and oxygen atoms in total. The van der Waals surface area contributed by atoms with Gasteiger partial charge < -0.3 is 9.64 Å². The number of nitrogens with zero attached hydrogens (tertiary/aromatic N) is 4. The van der Waals surface area contributed by atoms with E-state index in [0.29, 0.717) is 25.1 Å². The van der Waals surface area contributed by atoms with E-state index in [1.165, 1.54) is 6.07 Å². The lowest BCUT2D eigenvalue weighted by Gasteiger charge is -2.22. The van der Waals surface area contributed by atoms with Crippen molar-refractivity contribution in [2.45, 2.75) is 20.4 Å².